The molecule has 2 heteroatoms. The first kappa shape index (κ1) is 12.0. The predicted octanol–water partition coefficient (Wildman–Crippen LogP) is 3.95. The van der Waals surface area contributed by atoms with Gasteiger partial charge < -0.3 is 10.2 Å². The van der Waals surface area contributed by atoms with Gasteiger partial charge in [-0.25, -0.2) is 0 Å². The van der Waals surface area contributed by atoms with E-state index in [1.165, 1.54) is 5.56 Å². The predicted molar refractivity (Wildman–Crippen MR) is 81.9 cm³/mol. The maximum absolute atomic E-state index is 7.17. The van der Waals surface area contributed by atoms with Crippen molar-refractivity contribution in [2.24, 2.45) is 0 Å². The summed E-state index contributed by atoms with van der Waals surface area (Å²) in [6, 6.07) is 15.7. The lowest BCUT2D eigenvalue weighted by molar-refractivity contribution is 0.0785. The molecule has 0 unspecified atom stereocenters. The third-order valence-electron chi connectivity index (χ3n) is 3.88. The minimum atomic E-state index is -0.615. The van der Waals surface area contributed by atoms with Crippen molar-refractivity contribution >= 4 is 0 Å². The topological polar surface area (TPSA) is 40.5 Å². The smallest absolute Gasteiger partial charge is 0.293 e. The highest BCUT2D eigenvalue weighted by Crippen LogP contribution is 2.33. The van der Waals surface area contributed by atoms with E-state index in [-0.39, 0.29) is 5.41 Å². The van der Waals surface area contributed by atoms with Crippen molar-refractivity contribution < 1.29 is 10.2 Å². The summed E-state index contributed by atoms with van der Waals surface area (Å²) in [6.07, 6.45) is 0. The van der Waals surface area contributed by atoms with Crippen LogP contribution >= 0.6 is 0 Å². The van der Waals surface area contributed by atoms with E-state index in [1.807, 2.05) is 38.1 Å². The molecule has 0 bridgehead atoms. The van der Waals surface area contributed by atoms with Crippen LogP contribution in [0.3, 0.4) is 0 Å². The van der Waals surface area contributed by atoms with E-state index in [0.29, 0.717) is 5.75 Å². The summed E-state index contributed by atoms with van der Waals surface area (Å²) < 4.78 is 14.1. The van der Waals surface area contributed by atoms with Gasteiger partial charge in [0.2, 0.25) is 1.43 Å². The highest BCUT2D eigenvalue weighted by molar-refractivity contribution is 5.41. The standard InChI is InChI=1S/C18H22O2/c1-17(2,14-9-11-16(19)12-10-14)13-5-7-15(8-6-13)18(3,4)20/h5-12,19-20H,1-4H3/i20D/hD. The molecule has 0 atom stereocenters. The zero-order chi connectivity index (χ0) is 16.4. The highest BCUT2D eigenvalue weighted by Gasteiger charge is 2.24. The first-order valence-electron chi connectivity index (χ1n) is 7.62. The van der Waals surface area contributed by atoms with E-state index in [9.17, 15) is 0 Å². The highest BCUT2D eigenvalue weighted by atomic mass is 16.3. The molecule has 0 spiro atoms. The van der Waals surface area contributed by atoms with Gasteiger partial charge in [-0.3, -0.25) is 0 Å². The average Bonchev–Trinajstić information content (AvgIpc) is 2.55. The molecule has 0 saturated carbocycles. The molecule has 106 valence electrons. The number of hydrogen-bond acceptors (Lipinski definition) is 2. The lowest BCUT2D eigenvalue weighted by Gasteiger charge is -2.27. The second kappa shape index (κ2) is 4.95. The van der Waals surface area contributed by atoms with E-state index in [2.05, 4.69) is 31.1 Å². The molecule has 0 aliphatic heterocycles. The number of phenolic OH excluding ortho intramolecular Hbond substituents is 1. The summed E-state index contributed by atoms with van der Waals surface area (Å²) in [4.78, 5) is 0. The fourth-order valence-electron chi connectivity index (χ4n) is 2.33. The molecule has 0 aromatic heterocycles. The van der Waals surface area contributed by atoms with Crippen LogP contribution in [0.2, 0.25) is 0 Å². The molecule has 0 radical (unpaired) electrons. The lowest BCUT2D eigenvalue weighted by atomic mass is 9.77. The van der Waals surface area contributed by atoms with Crippen LogP contribution in [-0.4, -0.2) is 13.1 Å². The summed E-state index contributed by atoms with van der Waals surface area (Å²) in [5.41, 5.74) is 2.52. The molecule has 0 aliphatic carbocycles. The maximum atomic E-state index is 7.17. The Balaban J connectivity index is 2.32. The molecule has 2 aromatic carbocycles. The van der Waals surface area contributed by atoms with Gasteiger partial charge in [-0.1, -0.05) is 50.2 Å². The van der Waals surface area contributed by atoms with E-state index >= 15 is 0 Å². The summed E-state index contributed by atoms with van der Waals surface area (Å²) in [5.74, 6) is 0.532. The van der Waals surface area contributed by atoms with Crippen molar-refractivity contribution in [2.45, 2.75) is 38.7 Å². The number of hydrogen-bond donors (Lipinski definition) is 2. The molecule has 0 aliphatic rings. The van der Waals surface area contributed by atoms with Crippen molar-refractivity contribution in [3.8, 4) is 5.75 Å². The summed E-state index contributed by atoms with van der Waals surface area (Å²) in [6.45, 7) is 8.06. The second-order valence-electron chi connectivity index (χ2n) is 6.24. The fourth-order valence-corrected chi connectivity index (χ4v) is 2.33. The molecule has 0 heterocycles. The quantitative estimate of drug-likeness (QED) is 0.865. The lowest BCUT2D eigenvalue weighted by Crippen LogP contribution is -2.20. The van der Waals surface area contributed by atoms with E-state index in [0.717, 1.165) is 11.1 Å². The zero-order valence-electron chi connectivity index (χ0n) is 14.4. The van der Waals surface area contributed by atoms with Crippen LogP contribution < -0.4 is 0 Å². The number of aromatic hydroxyl groups is 1. The van der Waals surface area contributed by atoms with Crippen molar-refractivity contribution in [2.75, 3.05) is 0 Å². The Morgan fingerprint density at radius 3 is 1.65 bits per heavy atom. The third-order valence-corrected chi connectivity index (χ3v) is 3.88. The first-order valence-corrected chi connectivity index (χ1v) is 6.80. The largest absolute Gasteiger partial charge is 0.508 e. The Morgan fingerprint density at radius 1 is 0.750 bits per heavy atom. The molecule has 2 nitrogen and oxygen atoms in total. The maximum Gasteiger partial charge on any atom is 0.293 e. The molecule has 2 aromatic rings. The van der Waals surface area contributed by atoms with Gasteiger partial charge in [-0.2, -0.15) is 0 Å². The molecule has 0 fully saturated rings. The number of rotatable bonds is 5. The molecular weight excluding hydrogens is 248 g/mol. The number of phenols is 1. The van der Waals surface area contributed by atoms with Crippen LogP contribution in [0, 0.1) is 0 Å². The van der Waals surface area contributed by atoms with Gasteiger partial charge in [0.15, 0.2) is 0 Å². The summed E-state index contributed by atoms with van der Waals surface area (Å²) in [7, 11) is 0. The van der Waals surface area contributed by atoms with Gasteiger partial charge in [0.25, 0.3) is 1.43 Å². The van der Waals surface area contributed by atoms with Gasteiger partial charge in [-0.15, -0.1) is 0 Å². The number of benzene rings is 2. The normalized spacial score (nSPS) is 13.6. The van der Waals surface area contributed by atoms with Crippen LogP contribution in [0.1, 0.15) is 44.4 Å². The molecule has 0 saturated heterocycles. The molecule has 0 amide bonds. The van der Waals surface area contributed by atoms with Crippen molar-refractivity contribution in [3.05, 3.63) is 65.2 Å². The zero-order valence-corrected chi connectivity index (χ0v) is 12.4. The molecule has 2 rings (SSSR count). The Hall–Kier alpha value is -1.80. The van der Waals surface area contributed by atoms with Gasteiger partial charge in [0, 0.05) is 5.41 Å². The summed E-state index contributed by atoms with van der Waals surface area (Å²) >= 11 is 0. The van der Waals surface area contributed by atoms with Gasteiger partial charge >= 0.3 is 0 Å². The van der Waals surface area contributed by atoms with Crippen LogP contribution in [0.15, 0.2) is 48.5 Å². The van der Waals surface area contributed by atoms with Crippen LogP contribution in [0.25, 0.3) is 0 Å². The van der Waals surface area contributed by atoms with Crippen molar-refractivity contribution in [1.82, 2.24) is 0 Å². The molecular formula is C18H22O2. The van der Waals surface area contributed by atoms with Crippen LogP contribution in [0.5, 0.6) is 5.75 Å². The van der Waals surface area contributed by atoms with Gasteiger partial charge in [-0.05, 0) is 42.7 Å². The Labute approximate surface area is 123 Å². The van der Waals surface area contributed by atoms with Crippen molar-refractivity contribution in [3.63, 3.8) is 0 Å². The Morgan fingerprint density at radius 2 is 1.20 bits per heavy atom. The molecule has 20 heavy (non-hydrogen) atoms. The third kappa shape index (κ3) is 2.86. The SMILES string of the molecule is [2H]Oc1ccc(C(C)(C)c2ccc(C(C)(C)O[2H])cc2)cc1. The number of aliphatic hydroxyl groups is 1. The minimum absolute atomic E-state index is 0.162. The Kier molecular flexibility index (Phi) is 2.96. The van der Waals surface area contributed by atoms with E-state index in [4.69, 9.17) is 7.97 Å². The summed E-state index contributed by atoms with van der Waals surface area (Å²) in [5, 5.41) is 9.25. The molecule has 2 N–H and O–H groups in total. The van der Waals surface area contributed by atoms with Gasteiger partial charge in [0.1, 0.15) is 5.75 Å². The first-order chi connectivity index (χ1) is 10.3. The monoisotopic (exact) mass is 272 g/mol. The second-order valence-corrected chi connectivity index (χ2v) is 6.24. The van der Waals surface area contributed by atoms with E-state index < -0.39 is 5.60 Å². The van der Waals surface area contributed by atoms with E-state index in [1.54, 1.807) is 12.1 Å². The fraction of sp³-hybridized carbons (Fsp3) is 0.333. The Bertz CT molecular complexity index is 617. The van der Waals surface area contributed by atoms with Crippen LogP contribution in [0.4, 0.5) is 0 Å². The average molecular weight is 272 g/mol. The van der Waals surface area contributed by atoms with Gasteiger partial charge in [0.05, 0.1) is 5.60 Å². The minimum Gasteiger partial charge on any atom is -0.508 e. The van der Waals surface area contributed by atoms with Crippen LogP contribution in [-0.2, 0) is 11.0 Å². The van der Waals surface area contributed by atoms with Crippen molar-refractivity contribution in [1.29, 1.82) is 2.86 Å².